The number of nitrogens with one attached hydrogen (secondary N) is 1. The van der Waals surface area contributed by atoms with Crippen LogP contribution in [0, 0.1) is 5.82 Å². The Bertz CT molecular complexity index is 379. The van der Waals surface area contributed by atoms with E-state index in [2.05, 4.69) is 5.32 Å². The van der Waals surface area contributed by atoms with Crippen molar-refractivity contribution in [2.24, 2.45) is 0 Å². The standard InChI is InChI=1S/C12H15F4NO/c1-2-17-6-3-7-18-9-4-5-11(13)10(8-9)12(14,15)16/h4-5,8,17H,2-3,6-7H2,1H3. The molecule has 6 heteroatoms. The summed E-state index contributed by atoms with van der Waals surface area (Å²) < 4.78 is 55.3. The predicted octanol–water partition coefficient (Wildman–Crippen LogP) is 3.22. The minimum Gasteiger partial charge on any atom is -0.494 e. The molecule has 0 spiro atoms. The summed E-state index contributed by atoms with van der Waals surface area (Å²) in [6.45, 7) is 3.80. The predicted molar refractivity (Wildman–Crippen MR) is 60.1 cm³/mol. The van der Waals surface area contributed by atoms with Gasteiger partial charge in [0.05, 0.1) is 12.2 Å². The van der Waals surface area contributed by atoms with Gasteiger partial charge in [0.2, 0.25) is 0 Å². The Balaban J connectivity index is 2.57. The van der Waals surface area contributed by atoms with E-state index < -0.39 is 17.6 Å². The van der Waals surface area contributed by atoms with Gasteiger partial charge in [-0.05, 0) is 37.7 Å². The van der Waals surface area contributed by atoms with Crippen molar-refractivity contribution >= 4 is 0 Å². The zero-order valence-electron chi connectivity index (χ0n) is 9.98. The molecular formula is C12H15F4NO. The molecule has 0 aliphatic rings. The summed E-state index contributed by atoms with van der Waals surface area (Å²) in [6.07, 6.45) is -4.03. The van der Waals surface area contributed by atoms with Crippen molar-refractivity contribution in [3.63, 3.8) is 0 Å². The van der Waals surface area contributed by atoms with E-state index in [0.29, 0.717) is 12.5 Å². The molecule has 0 saturated heterocycles. The van der Waals surface area contributed by atoms with Gasteiger partial charge in [-0.25, -0.2) is 4.39 Å². The van der Waals surface area contributed by atoms with Crippen LogP contribution in [0.25, 0.3) is 0 Å². The van der Waals surface area contributed by atoms with Gasteiger partial charge in [-0.2, -0.15) is 13.2 Å². The summed E-state index contributed by atoms with van der Waals surface area (Å²) in [5, 5.41) is 3.06. The summed E-state index contributed by atoms with van der Waals surface area (Å²) >= 11 is 0. The van der Waals surface area contributed by atoms with Gasteiger partial charge in [0.15, 0.2) is 0 Å². The lowest BCUT2D eigenvalue weighted by molar-refractivity contribution is -0.140. The third-order valence-electron chi connectivity index (χ3n) is 2.26. The zero-order chi connectivity index (χ0) is 13.6. The van der Waals surface area contributed by atoms with E-state index in [4.69, 9.17) is 4.74 Å². The molecule has 0 heterocycles. The van der Waals surface area contributed by atoms with Crippen LogP contribution < -0.4 is 10.1 Å². The maximum absolute atomic E-state index is 13.0. The average Bonchev–Trinajstić information content (AvgIpc) is 2.29. The third-order valence-corrected chi connectivity index (χ3v) is 2.26. The Morgan fingerprint density at radius 2 is 2.00 bits per heavy atom. The third kappa shape index (κ3) is 4.52. The Hall–Kier alpha value is -1.30. The van der Waals surface area contributed by atoms with Crippen molar-refractivity contribution in [3.05, 3.63) is 29.6 Å². The van der Waals surface area contributed by atoms with Crippen molar-refractivity contribution in [1.29, 1.82) is 0 Å². The molecular weight excluding hydrogens is 250 g/mol. The SMILES string of the molecule is CCNCCCOc1ccc(F)c(C(F)(F)F)c1. The smallest absolute Gasteiger partial charge is 0.419 e. The van der Waals surface area contributed by atoms with Gasteiger partial charge in [0.25, 0.3) is 0 Å². The average molecular weight is 265 g/mol. The number of benzene rings is 1. The minimum absolute atomic E-state index is 0.0280. The fourth-order valence-electron chi connectivity index (χ4n) is 1.38. The van der Waals surface area contributed by atoms with E-state index in [1.165, 1.54) is 6.07 Å². The Kier molecular flexibility index (Phi) is 5.40. The zero-order valence-corrected chi connectivity index (χ0v) is 9.98. The number of ether oxygens (including phenoxy) is 1. The number of hydrogen-bond donors (Lipinski definition) is 1. The first-order valence-corrected chi connectivity index (χ1v) is 5.65. The summed E-state index contributed by atoms with van der Waals surface area (Å²) in [5.41, 5.74) is -1.30. The van der Waals surface area contributed by atoms with Crippen LogP contribution in [0.15, 0.2) is 18.2 Å². The van der Waals surface area contributed by atoms with Crippen LogP contribution in [0.4, 0.5) is 17.6 Å². The molecule has 0 fully saturated rings. The maximum atomic E-state index is 13.0. The molecule has 1 aromatic rings. The van der Waals surface area contributed by atoms with Crippen LogP contribution in [-0.4, -0.2) is 19.7 Å². The molecule has 0 amide bonds. The first kappa shape index (κ1) is 14.8. The molecule has 0 aliphatic heterocycles. The van der Waals surface area contributed by atoms with Gasteiger partial charge in [0, 0.05) is 0 Å². The van der Waals surface area contributed by atoms with Crippen LogP contribution >= 0.6 is 0 Å². The van der Waals surface area contributed by atoms with E-state index in [1.807, 2.05) is 6.92 Å². The lowest BCUT2D eigenvalue weighted by Crippen LogP contribution is -2.16. The molecule has 1 rings (SSSR count). The molecule has 0 radical (unpaired) electrons. The molecule has 102 valence electrons. The minimum atomic E-state index is -4.70. The molecule has 0 aromatic heterocycles. The highest BCUT2D eigenvalue weighted by Gasteiger charge is 2.34. The number of hydrogen-bond acceptors (Lipinski definition) is 2. The first-order valence-electron chi connectivity index (χ1n) is 5.65. The second-order valence-corrected chi connectivity index (χ2v) is 3.69. The van der Waals surface area contributed by atoms with Crippen LogP contribution in [0.3, 0.4) is 0 Å². The molecule has 0 saturated carbocycles. The maximum Gasteiger partial charge on any atom is 0.419 e. The molecule has 2 nitrogen and oxygen atoms in total. The molecule has 1 N–H and O–H groups in total. The van der Waals surface area contributed by atoms with Crippen LogP contribution in [-0.2, 0) is 6.18 Å². The second kappa shape index (κ2) is 6.58. The summed E-state index contributed by atoms with van der Waals surface area (Å²) in [6, 6.07) is 2.64. The second-order valence-electron chi connectivity index (χ2n) is 3.69. The van der Waals surface area contributed by atoms with Gasteiger partial charge in [-0.3, -0.25) is 0 Å². The fourth-order valence-corrected chi connectivity index (χ4v) is 1.38. The molecule has 0 atom stereocenters. The van der Waals surface area contributed by atoms with E-state index >= 15 is 0 Å². The lowest BCUT2D eigenvalue weighted by Gasteiger charge is -2.11. The highest BCUT2D eigenvalue weighted by Crippen LogP contribution is 2.33. The number of halogens is 4. The van der Waals surface area contributed by atoms with Crippen LogP contribution in [0.1, 0.15) is 18.9 Å². The van der Waals surface area contributed by atoms with Gasteiger partial charge in [-0.1, -0.05) is 6.92 Å². The van der Waals surface area contributed by atoms with E-state index in [-0.39, 0.29) is 12.4 Å². The topological polar surface area (TPSA) is 21.3 Å². The van der Waals surface area contributed by atoms with Gasteiger partial charge in [0.1, 0.15) is 11.6 Å². The van der Waals surface area contributed by atoms with Crippen molar-refractivity contribution in [2.45, 2.75) is 19.5 Å². The highest BCUT2D eigenvalue weighted by atomic mass is 19.4. The molecule has 1 aromatic carbocycles. The van der Waals surface area contributed by atoms with Crippen molar-refractivity contribution in [2.75, 3.05) is 19.7 Å². The normalized spacial score (nSPS) is 11.6. The van der Waals surface area contributed by atoms with Gasteiger partial charge < -0.3 is 10.1 Å². The highest BCUT2D eigenvalue weighted by molar-refractivity contribution is 5.31. The summed E-state index contributed by atoms with van der Waals surface area (Å²) in [7, 11) is 0. The largest absolute Gasteiger partial charge is 0.494 e. The Morgan fingerprint density at radius 3 is 2.61 bits per heavy atom. The van der Waals surface area contributed by atoms with E-state index in [9.17, 15) is 17.6 Å². The van der Waals surface area contributed by atoms with Crippen molar-refractivity contribution in [1.82, 2.24) is 5.32 Å². The monoisotopic (exact) mass is 265 g/mol. The molecule has 0 bridgehead atoms. The fraction of sp³-hybridized carbons (Fsp3) is 0.500. The summed E-state index contributed by atoms with van der Waals surface area (Å²) in [5.74, 6) is -1.26. The Labute approximate surface area is 103 Å². The Morgan fingerprint density at radius 1 is 1.28 bits per heavy atom. The molecule has 18 heavy (non-hydrogen) atoms. The molecule has 0 aliphatic carbocycles. The molecule has 0 unspecified atom stereocenters. The van der Waals surface area contributed by atoms with Gasteiger partial charge >= 0.3 is 6.18 Å². The summed E-state index contributed by atoms with van der Waals surface area (Å²) in [4.78, 5) is 0. The van der Waals surface area contributed by atoms with Crippen LogP contribution in [0.2, 0.25) is 0 Å². The van der Waals surface area contributed by atoms with E-state index in [0.717, 1.165) is 19.2 Å². The first-order chi connectivity index (χ1) is 8.45. The quantitative estimate of drug-likeness (QED) is 0.630. The number of rotatable bonds is 6. The lowest BCUT2D eigenvalue weighted by atomic mass is 10.2. The number of alkyl halides is 3. The van der Waals surface area contributed by atoms with Crippen LogP contribution in [0.5, 0.6) is 5.75 Å². The van der Waals surface area contributed by atoms with Crippen molar-refractivity contribution < 1.29 is 22.3 Å². The van der Waals surface area contributed by atoms with Crippen molar-refractivity contribution in [3.8, 4) is 5.75 Å². The van der Waals surface area contributed by atoms with Gasteiger partial charge in [-0.15, -0.1) is 0 Å². The van der Waals surface area contributed by atoms with E-state index in [1.54, 1.807) is 0 Å².